The van der Waals surface area contributed by atoms with Crippen molar-refractivity contribution in [1.82, 2.24) is 29.4 Å². The standard InChI is InChI=1S/C27H22ClF4N7O2/c28-19-13-38(12-14-4-3-5-15(8-14)34-21-11-33-36-25(40)23(21)27(30,31)32)26(41)17-10-20(29)18(9-16(17)19)24-35-22-6-1-2-7-39(22)37-24/h1-2,6-7,9-11,13-15H,3-5,8,12H2,(H2,34,36,40)/t14-,15+/m1/s1. The molecule has 6 rings (SSSR count). The summed E-state index contributed by atoms with van der Waals surface area (Å²) in [6, 6.07) is 7.51. The summed E-state index contributed by atoms with van der Waals surface area (Å²) in [6.07, 6.45) is 1.73. The Kier molecular flexibility index (Phi) is 6.76. The molecule has 0 aliphatic heterocycles. The summed E-state index contributed by atoms with van der Waals surface area (Å²) in [7, 11) is 0. The predicted molar refractivity (Wildman–Crippen MR) is 144 cm³/mol. The van der Waals surface area contributed by atoms with Gasteiger partial charge in [-0.25, -0.2) is 19.0 Å². The number of nitrogens with one attached hydrogen (secondary N) is 2. The predicted octanol–water partition coefficient (Wildman–Crippen LogP) is 5.28. The number of halogens is 5. The van der Waals surface area contributed by atoms with Crippen molar-refractivity contribution in [1.29, 1.82) is 0 Å². The van der Waals surface area contributed by atoms with Crippen molar-refractivity contribution >= 4 is 33.7 Å². The maximum atomic E-state index is 15.2. The van der Waals surface area contributed by atoms with Gasteiger partial charge in [-0.1, -0.05) is 24.1 Å². The zero-order valence-electron chi connectivity index (χ0n) is 21.3. The molecular formula is C27H22ClF4N7O2. The quantitative estimate of drug-likeness (QED) is 0.271. The Balaban J connectivity index is 1.26. The molecule has 0 amide bonds. The van der Waals surface area contributed by atoms with Crippen LogP contribution in [0.2, 0.25) is 5.02 Å². The lowest BCUT2D eigenvalue weighted by Crippen LogP contribution is -2.33. The Hall–Kier alpha value is -4.26. The number of aromatic nitrogens is 6. The van der Waals surface area contributed by atoms with E-state index in [9.17, 15) is 22.8 Å². The van der Waals surface area contributed by atoms with Gasteiger partial charge in [-0.3, -0.25) is 9.59 Å². The molecule has 1 saturated carbocycles. The van der Waals surface area contributed by atoms with Crippen LogP contribution >= 0.6 is 11.6 Å². The fourth-order valence-corrected chi connectivity index (χ4v) is 5.77. The molecule has 0 bridgehead atoms. The van der Waals surface area contributed by atoms with Crippen LogP contribution in [0.3, 0.4) is 0 Å². The molecule has 9 nitrogen and oxygen atoms in total. The molecule has 14 heteroatoms. The minimum Gasteiger partial charge on any atom is -0.380 e. The average molecular weight is 588 g/mol. The van der Waals surface area contributed by atoms with Gasteiger partial charge in [-0.2, -0.15) is 18.3 Å². The van der Waals surface area contributed by atoms with E-state index in [0.717, 1.165) is 18.7 Å². The molecule has 4 aromatic heterocycles. The van der Waals surface area contributed by atoms with Crippen LogP contribution in [-0.2, 0) is 12.7 Å². The van der Waals surface area contributed by atoms with Gasteiger partial charge in [0, 0.05) is 30.4 Å². The topological polar surface area (TPSA) is 110 Å². The minimum atomic E-state index is -4.85. The Morgan fingerprint density at radius 1 is 1.15 bits per heavy atom. The highest BCUT2D eigenvalue weighted by Gasteiger charge is 2.38. The van der Waals surface area contributed by atoms with Crippen LogP contribution in [0.25, 0.3) is 27.8 Å². The summed E-state index contributed by atoms with van der Waals surface area (Å²) in [4.78, 5) is 29.5. The van der Waals surface area contributed by atoms with E-state index < -0.39 is 28.7 Å². The summed E-state index contributed by atoms with van der Waals surface area (Å²) >= 11 is 6.57. The molecule has 41 heavy (non-hydrogen) atoms. The molecule has 212 valence electrons. The third kappa shape index (κ3) is 5.17. The van der Waals surface area contributed by atoms with Gasteiger partial charge in [-0.15, -0.1) is 5.10 Å². The van der Waals surface area contributed by atoms with Crippen molar-refractivity contribution in [2.75, 3.05) is 5.32 Å². The summed E-state index contributed by atoms with van der Waals surface area (Å²) in [6.45, 7) is 0.240. The first kappa shape index (κ1) is 26.9. The van der Waals surface area contributed by atoms with E-state index in [-0.39, 0.29) is 46.0 Å². The van der Waals surface area contributed by atoms with Crippen LogP contribution in [-0.4, -0.2) is 35.4 Å². The SMILES string of the molecule is O=c1[nH]ncc(N[C@H]2CCC[C@@H](Cn3cc(Cl)c4cc(-c5nc6ccccn6n5)c(F)cc4c3=O)C2)c1C(F)(F)F. The average Bonchev–Trinajstić information content (AvgIpc) is 3.35. The van der Waals surface area contributed by atoms with Gasteiger partial charge < -0.3 is 9.88 Å². The highest BCUT2D eigenvalue weighted by atomic mass is 35.5. The summed E-state index contributed by atoms with van der Waals surface area (Å²) in [5.74, 6) is -0.600. The first-order chi connectivity index (χ1) is 19.6. The van der Waals surface area contributed by atoms with Crippen LogP contribution in [0.1, 0.15) is 31.2 Å². The van der Waals surface area contributed by atoms with E-state index in [4.69, 9.17) is 11.6 Å². The normalized spacial score (nSPS) is 17.8. The maximum absolute atomic E-state index is 15.2. The van der Waals surface area contributed by atoms with Crippen molar-refractivity contribution in [2.24, 2.45) is 5.92 Å². The van der Waals surface area contributed by atoms with E-state index in [1.54, 1.807) is 24.4 Å². The van der Waals surface area contributed by atoms with Crippen molar-refractivity contribution < 1.29 is 17.6 Å². The number of hydrogen-bond donors (Lipinski definition) is 2. The van der Waals surface area contributed by atoms with Gasteiger partial charge in [0.15, 0.2) is 11.5 Å². The maximum Gasteiger partial charge on any atom is 0.423 e. The van der Waals surface area contributed by atoms with Crippen molar-refractivity contribution in [3.8, 4) is 11.4 Å². The second-order valence-electron chi connectivity index (χ2n) is 10.1. The Labute approximate surface area is 233 Å². The largest absolute Gasteiger partial charge is 0.423 e. The number of rotatable bonds is 5. The minimum absolute atomic E-state index is 0.0805. The lowest BCUT2D eigenvalue weighted by atomic mass is 9.85. The molecule has 1 fully saturated rings. The second-order valence-corrected chi connectivity index (χ2v) is 10.5. The summed E-state index contributed by atoms with van der Waals surface area (Å²) < 4.78 is 58.6. The molecule has 1 aliphatic rings. The number of pyridine rings is 2. The molecule has 0 saturated heterocycles. The molecule has 1 aromatic carbocycles. The number of anilines is 1. The van der Waals surface area contributed by atoms with Crippen molar-refractivity contribution in [3.05, 3.63) is 86.0 Å². The molecule has 2 N–H and O–H groups in total. The van der Waals surface area contributed by atoms with Gasteiger partial charge in [0.2, 0.25) is 0 Å². The zero-order valence-corrected chi connectivity index (χ0v) is 22.0. The fraction of sp³-hybridized carbons (Fsp3) is 0.296. The third-order valence-corrected chi connectivity index (χ3v) is 7.65. The number of H-pyrrole nitrogens is 1. The fourth-order valence-electron chi connectivity index (χ4n) is 5.50. The Morgan fingerprint density at radius 2 is 1.98 bits per heavy atom. The van der Waals surface area contributed by atoms with Gasteiger partial charge in [0.25, 0.3) is 11.1 Å². The van der Waals surface area contributed by atoms with E-state index in [1.165, 1.54) is 21.3 Å². The molecule has 0 unspecified atom stereocenters. The highest BCUT2D eigenvalue weighted by Crippen LogP contribution is 2.35. The van der Waals surface area contributed by atoms with E-state index >= 15 is 4.39 Å². The second kappa shape index (κ2) is 10.3. The van der Waals surface area contributed by atoms with Gasteiger partial charge >= 0.3 is 6.18 Å². The number of benzene rings is 1. The third-order valence-electron chi connectivity index (χ3n) is 7.34. The number of nitrogens with zero attached hydrogens (tertiary/aromatic N) is 5. The number of aromatic amines is 1. The molecule has 0 radical (unpaired) electrons. The van der Waals surface area contributed by atoms with Crippen LogP contribution < -0.4 is 16.4 Å². The molecular weight excluding hydrogens is 566 g/mol. The van der Waals surface area contributed by atoms with Gasteiger partial charge in [0.05, 0.1) is 27.9 Å². The van der Waals surface area contributed by atoms with E-state index in [1.807, 2.05) is 5.10 Å². The highest BCUT2D eigenvalue weighted by molar-refractivity contribution is 6.35. The van der Waals surface area contributed by atoms with E-state index in [2.05, 4.69) is 20.5 Å². The Morgan fingerprint density at radius 3 is 2.76 bits per heavy atom. The molecule has 1 aliphatic carbocycles. The van der Waals surface area contributed by atoms with Crippen molar-refractivity contribution in [3.63, 3.8) is 0 Å². The Bertz CT molecular complexity index is 1870. The smallest absolute Gasteiger partial charge is 0.380 e. The van der Waals surface area contributed by atoms with E-state index in [0.29, 0.717) is 30.3 Å². The number of alkyl halides is 3. The van der Waals surface area contributed by atoms with Gasteiger partial charge in [0.1, 0.15) is 11.4 Å². The monoisotopic (exact) mass is 587 g/mol. The van der Waals surface area contributed by atoms with Crippen LogP contribution in [0, 0.1) is 11.7 Å². The lowest BCUT2D eigenvalue weighted by Gasteiger charge is -2.31. The summed E-state index contributed by atoms with van der Waals surface area (Å²) in [5, 5.41) is 13.1. The first-order valence-electron chi connectivity index (χ1n) is 12.8. The van der Waals surface area contributed by atoms with Gasteiger partial charge in [-0.05, 0) is 49.4 Å². The molecule has 4 heterocycles. The zero-order chi connectivity index (χ0) is 28.9. The molecule has 2 atom stereocenters. The van der Waals surface area contributed by atoms with Crippen LogP contribution in [0.4, 0.5) is 23.2 Å². The number of fused-ring (bicyclic) bond motifs is 2. The van der Waals surface area contributed by atoms with Crippen LogP contribution in [0.15, 0.2) is 58.5 Å². The van der Waals surface area contributed by atoms with Crippen LogP contribution in [0.5, 0.6) is 0 Å². The molecule has 0 spiro atoms. The summed E-state index contributed by atoms with van der Waals surface area (Å²) in [5.41, 5.74) is -2.83. The molecule has 5 aromatic rings. The number of hydrogen-bond acceptors (Lipinski definition) is 6. The first-order valence-corrected chi connectivity index (χ1v) is 13.2. The lowest BCUT2D eigenvalue weighted by molar-refractivity contribution is -0.138. The van der Waals surface area contributed by atoms with Crippen molar-refractivity contribution in [2.45, 2.75) is 44.4 Å².